The van der Waals surface area contributed by atoms with E-state index in [9.17, 15) is 4.79 Å². The number of nitrogens with two attached hydrogens (primary N) is 1. The molecule has 0 saturated heterocycles. The van der Waals surface area contributed by atoms with Gasteiger partial charge in [0, 0.05) is 12.2 Å². The number of aryl methyl sites for hydroxylation is 2. The Balaban J connectivity index is 0.00000288. The molecule has 0 bridgehead atoms. The number of hydrogen-bond acceptors (Lipinski definition) is 4. The van der Waals surface area contributed by atoms with Gasteiger partial charge < -0.3 is 20.5 Å². The fraction of sp³-hybridized carbons (Fsp3) is 0.278. The quantitative estimate of drug-likeness (QED) is 0.804. The molecule has 0 aromatic heterocycles. The van der Waals surface area contributed by atoms with Gasteiger partial charge in [-0.15, -0.1) is 12.4 Å². The predicted molar refractivity (Wildman–Crippen MR) is 98.3 cm³/mol. The highest BCUT2D eigenvalue weighted by molar-refractivity contribution is 5.91. The van der Waals surface area contributed by atoms with Gasteiger partial charge in [0.2, 0.25) is 0 Å². The summed E-state index contributed by atoms with van der Waals surface area (Å²) in [5, 5.41) is 2.78. The minimum absolute atomic E-state index is 0. The van der Waals surface area contributed by atoms with Crippen molar-refractivity contribution in [2.45, 2.75) is 13.8 Å². The first kappa shape index (κ1) is 19.8. The lowest BCUT2D eigenvalue weighted by Gasteiger charge is -2.10. The van der Waals surface area contributed by atoms with Crippen LogP contribution in [-0.2, 0) is 4.79 Å². The molecule has 0 saturated carbocycles. The summed E-state index contributed by atoms with van der Waals surface area (Å²) in [5.41, 5.74) is 8.40. The summed E-state index contributed by atoms with van der Waals surface area (Å²) in [4.78, 5) is 11.9. The van der Waals surface area contributed by atoms with Gasteiger partial charge in [-0.2, -0.15) is 0 Å². The summed E-state index contributed by atoms with van der Waals surface area (Å²) in [5.74, 6) is 1.20. The summed E-state index contributed by atoms with van der Waals surface area (Å²) < 4.78 is 10.9. The molecule has 2 rings (SSSR count). The highest BCUT2D eigenvalue weighted by atomic mass is 35.5. The van der Waals surface area contributed by atoms with E-state index in [0.717, 1.165) is 11.3 Å². The molecule has 2 aromatic carbocycles. The number of halogens is 1. The van der Waals surface area contributed by atoms with E-state index in [1.165, 1.54) is 5.56 Å². The number of rotatable bonds is 7. The molecule has 0 aliphatic heterocycles. The highest BCUT2D eigenvalue weighted by Crippen LogP contribution is 2.17. The highest BCUT2D eigenvalue weighted by Gasteiger charge is 2.05. The minimum atomic E-state index is -0.209. The van der Waals surface area contributed by atoms with E-state index in [1.807, 2.05) is 32.0 Å². The van der Waals surface area contributed by atoms with Gasteiger partial charge in [0.25, 0.3) is 5.91 Å². The van der Waals surface area contributed by atoms with E-state index < -0.39 is 0 Å². The van der Waals surface area contributed by atoms with Crippen molar-refractivity contribution in [3.8, 4) is 11.5 Å². The van der Waals surface area contributed by atoms with Crippen molar-refractivity contribution in [1.82, 2.24) is 0 Å². The Kier molecular flexibility index (Phi) is 8.09. The van der Waals surface area contributed by atoms with Crippen LogP contribution in [0.1, 0.15) is 11.1 Å². The van der Waals surface area contributed by atoms with Gasteiger partial charge >= 0.3 is 0 Å². The van der Waals surface area contributed by atoms with Crippen molar-refractivity contribution in [2.75, 3.05) is 25.1 Å². The third-order valence-electron chi connectivity index (χ3n) is 3.37. The van der Waals surface area contributed by atoms with Crippen molar-refractivity contribution in [3.63, 3.8) is 0 Å². The molecule has 0 spiro atoms. The Bertz CT molecular complexity index is 660. The van der Waals surface area contributed by atoms with Gasteiger partial charge in [-0.3, -0.25) is 4.79 Å². The molecule has 2 aromatic rings. The first-order chi connectivity index (χ1) is 11.1. The zero-order valence-electron chi connectivity index (χ0n) is 13.9. The molecular formula is C18H23ClN2O3. The average molecular weight is 351 g/mol. The number of anilines is 1. The number of benzene rings is 2. The van der Waals surface area contributed by atoms with Crippen LogP contribution in [0.3, 0.4) is 0 Å². The van der Waals surface area contributed by atoms with Crippen LogP contribution in [0, 0.1) is 13.8 Å². The normalized spacial score (nSPS) is 9.79. The number of nitrogens with one attached hydrogen (secondary N) is 1. The van der Waals surface area contributed by atoms with E-state index in [4.69, 9.17) is 15.2 Å². The maximum atomic E-state index is 11.9. The molecule has 130 valence electrons. The fourth-order valence-corrected chi connectivity index (χ4v) is 1.96. The molecule has 5 nitrogen and oxygen atoms in total. The third-order valence-corrected chi connectivity index (χ3v) is 3.37. The first-order valence-corrected chi connectivity index (χ1v) is 7.51. The zero-order valence-corrected chi connectivity index (χ0v) is 14.7. The standard InChI is InChI=1S/C18H22N2O3.ClH/c1-13-3-6-17(11-14(13)2)23-12-18(21)20-15-4-7-16(8-5-15)22-10-9-19;/h3-8,11H,9-10,12,19H2,1-2H3,(H,20,21);1H. The Morgan fingerprint density at radius 3 is 2.29 bits per heavy atom. The average Bonchev–Trinajstić information content (AvgIpc) is 2.55. The molecule has 0 aliphatic carbocycles. The summed E-state index contributed by atoms with van der Waals surface area (Å²) >= 11 is 0. The Hall–Kier alpha value is -2.24. The first-order valence-electron chi connectivity index (χ1n) is 7.51. The van der Waals surface area contributed by atoms with Crippen LogP contribution in [-0.4, -0.2) is 25.7 Å². The minimum Gasteiger partial charge on any atom is -0.492 e. The van der Waals surface area contributed by atoms with Gasteiger partial charge in [0.05, 0.1) is 0 Å². The second-order valence-corrected chi connectivity index (χ2v) is 5.24. The predicted octanol–water partition coefficient (Wildman–Crippen LogP) is 3.08. The number of ether oxygens (including phenoxy) is 2. The van der Waals surface area contributed by atoms with E-state index in [0.29, 0.717) is 24.6 Å². The van der Waals surface area contributed by atoms with E-state index in [2.05, 4.69) is 5.32 Å². The second kappa shape index (κ2) is 9.80. The molecule has 24 heavy (non-hydrogen) atoms. The van der Waals surface area contributed by atoms with Gasteiger partial charge in [0.1, 0.15) is 18.1 Å². The van der Waals surface area contributed by atoms with Crippen molar-refractivity contribution in [3.05, 3.63) is 53.6 Å². The maximum absolute atomic E-state index is 11.9. The number of carbonyl (C=O) groups excluding carboxylic acids is 1. The van der Waals surface area contributed by atoms with Gasteiger partial charge in [-0.05, 0) is 61.4 Å². The third kappa shape index (κ3) is 6.10. The molecule has 0 atom stereocenters. The molecule has 0 radical (unpaired) electrons. The molecule has 0 aliphatic rings. The molecular weight excluding hydrogens is 328 g/mol. The molecule has 0 fully saturated rings. The van der Waals surface area contributed by atoms with Gasteiger partial charge in [-0.1, -0.05) is 6.07 Å². The molecule has 6 heteroatoms. The van der Waals surface area contributed by atoms with Crippen LogP contribution in [0.2, 0.25) is 0 Å². The Morgan fingerprint density at radius 2 is 1.67 bits per heavy atom. The van der Waals surface area contributed by atoms with Gasteiger partial charge in [0.15, 0.2) is 6.61 Å². The van der Waals surface area contributed by atoms with Crippen LogP contribution in [0.25, 0.3) is 0 Å². The largest absolute Gasteiger partial charge is 0.492 e. The summed E-state index contributed by atoms with van der Waals surface area (Å²) in [6.45, 7) is 4.95. The number of amides is 1. The van der Waals surface area contributed by atoms with Crippen LogP contribution in [0.5, 0.6) is 11.5 Å². The molecule has 3 N–H and O–H groups in total. The smallest absolute Gasteiger partial charge is 0.262 e. The van der Waals surface area contributed by atoms with Crippen molar-refractivity contribution in [1.29, 1.82) is 0 Å². The van der Waals surface area contributed by atoms with Crippen LogP contribution in [0.4, 0.5) is 5.69 Å². The SMILES string of the molecule is Cc1ccc(OCC(=O)Nc2ccc(OCCN)cc2)cc1C.Cl. The summed E-state index contributed by atoms with van der Waals surface area (Å²) in [7, 11) is 0. The topological polar surface area (TPSA) is 73.6 Å². The summed E-state index contributed by atoms with van der Waals surface area (Å²) in [6, 6.07) is 12.9. The summed E-state index contributed by atoms with van der Waals surface area (Å²) in [6.07, 6.45) is 0. The van der Waals surface area contributed by atoms with E-state index >= 15 is 0 Å². The van der Waals surface area contributed by atoms with Crippen molar-refractivity contribution in [2.24, 2.45) is 5.73 Å². The maximum Gasteiger partial charge on any atom is 0.262 e. The second-order valence-electron chi connectivity index (χ2n) is 5.24. The Morgan fingerprint density at radius 1 is 1.00 bits per heavy atom. The number of carbonyl (C=O) groups is 1. The molecule has 0 heterocycles. The van der Waals surface area contributed by atoms with Gasteiger partial charge in [-0.25, -0.2) is 0 Å². The zero-order chi connectivity index (χ0) is 16.7. The lowest BCUT2D eigenvalue weighted by atomic mass is 10.1. The van der Waals surface area contributed by atoms with Crippen molar-refractivity contribution >= 4 is 24.0 Å². The molecule has 0 unspecified atom stereocenters. The lowest BCUT2D eigenvalue weighted by molar-refractivity contribution is -0.118. The fourth-order valence-electron chi connectivity index (χ4n) is 1.96. The van der Waals surface area contributed by atoms with Crippen LogP contribution in [0.15, 0.2) is 42.5 Å². The monoisotopic (exact) mass is 350 g/mol. The number of hydrogen-bond donors (Lipinski definition) is 2. The Labute approximate surface area is 148 Å². The van der Waals surface area contributed by atoms with Crippen molar-refractivity contribution < 1.29 is 14.3 Å². The molecule has 1 amide bonds. The van der Waals surface area contributed by atoms with Crippen LogP contribution >= 0.6 is 12.4 Å². The van der Waals surface area contributed by atoms with E-state index in [1.54, 1.807) is 24.3 Å². The van der Waals surface area contributed by atoms with E-state index in [-0.39, 0.29) is 24.9 Å². The lowest BCUT2D eigenvalue weighted by Crippen LogP contribution is -2.20. The van der Waals surface area contributed by atoms with Crippen LogP contribution < -0.4 is 20.5 Å².